The maximum absolute atomic E-state index is 14.3. The van der Waals surface area contributed by atoms with Crippen molar-refractivity contribution in [3.05, 3.63) is 71.8 Å². The summed E-state index contributed by atoms with van der Waals surface area (Å²) >= 11 is 0. The predicted octanol–water partition coefficient (Wildman–Crippen LogP) is 2.16. The van der Waals surface area contributed by atoms with Gasteiger partial charge in [-0.1, -0.05) is 60.7 Å². The molecule has 2 aliphatic rings. The molecule has 2 aromatic rings. The molecule has 0 radical (unpaired) electrons. The molecule has 4 rings (SSSR count). The van der Waals surface area contributed by atoms with Gasteiger partial charge in [0.1, 0.15) is 10.8 Å². The number of nitrogens with zero attached hydrogens (tertiary/aromatic N) is 2. The summed E-state index contributed by atoms with van der Waals surface area (Å²) in [6.07, 6.45) is 0.771. The average molecular weight is 376 g/mol. The minimum absolute atomic E-state index is 0.221. The normalized spacial score (nSPS) is 27.5. The molecule has 0 bridgehead atoms. The van der Waals surface area contributed by atoms with E-state index < -0.39 is 10.8 Å². The van der Waals surface area contributed by atoms with E-state index in [9.17, 15) is 14.4 Å². The topological polar surface area (TPSA) is 57.7 Å². The molecule has 0 aliphatic carbocycles. The average Bonchev–Trinajstić information content (AvgIpc) is 3.21. The minimum atomic E-state index is -1.33. The molecule has 2 fully saturated rings. The fourth-order valence-electron chi connectivity index (χ4n) is 4.77. The molecular formula is C23H24N2O3. The summed E-state index contributed by atoms with van der Waals surface area (Å²) in [5.41, 5.74) is -1.31. The lowest BCUT2D eigenvalue weighted by molar-refractivity contribution is -0.145. The van der Waals surface area contributed by atoms with E-state index in [2.05, 4.69) is 0 Å². The number of hydrogen-bond acceptors (Lipinski definition) is 3. The molecule has 2 atom stereocenters. The number of amides is 2. The van der Waals surface area contributed by atoms with E-state index in [4.69, 9.17) is 0 Å². The molecule has 2 unspecified atom stereocenters. The van der Waals surface area contributed by atoms with E-state index in [0.29, 0.717) is 37.1 Å². The molecule has 5 heteroatoms. The summed E-state index contributed by atoms with van der Waals surface area (Å²) in [7, 11) is 3.44. The fourth-order valence-corrected chi connectivity index (χ4v) is 4.77. The Balaban J connectivity index is 1.95. The van der Waals surface area contributed by atoms with Gasteiger partial charge in [-0.3, -0.25) is 14.4 Å². The van der Waals surface area contributed by atoms with E-state index in [1.165, 1.54) is 0 Å². The molecule has 2 aliphatic heterocycles. The monoisotopic (exact) mass is 376 g/mol. The van der Waals surface area contributed by atoms with Crippen molar-refractivity contribution in [2.24, 2.45) is 0 Å². The number of Topliss-reactive ketones (excluding diaryl/α,β-unsaturated/α-hetero) is 1. The SMILES string of the molecule is CN1CCC(C(=O)C2(c3ccccc3)CCN(C)C2=O)(c2ccccc2)C1=O. The predicted molar refractivity (Wildman–Crippen MR) is 106 cm³/mol. The van der Waals surface area contributed by atoms with E-state index >= 15 is 0 Å². The molecule has 0 saturated carbocycles. The first-order chi connectivity index (χ1) is 13.4. The first kappa shape index (κ1) is 18.4. The van der Waals surface area contributed by atoms with Gasteiger partial charge in [-0.2, -0.15) is 0 Å². The molecule has 0 N–H and O–H groups in total. The molecule has 2 aromatic carbocycles. The van der Waals surface area contributed by atoms with Gasteiger partial charge in [-0.15, -0.1) is 0 Å². The van der Waals surface area contributed by atoms with Gasteiger partial charge in [0, 0.05) is 27.2 Å². The fraction of sp³-hybridized carbons (Fsp3) is 0.348. The Bertz CT molecular complexity index is 852. The summed E-state index contributed by atoms with van der Waals surface area (Å²) in [5.74, 6) is -0.733. The van der Waals surface area contributed by atoms with Crippen molar-refractivity contribution in [1.82, 2.24) is 9.80 Å². The Morgan fingerprint density at radius 1 is 0.714 bits per heavy atom. The first-order valence-electron chi connectivity index (χ1n) is 9.61. The van der Waals surface area contributed by atoms with E-state index in [-0.39, 0.29) is 17.6 Å². The molecule has 144 valence electrons. The summed E-state index contributed by atoms with van der Waals surface area (Å²) in [4.78, 5) is 44.3. The van der Waals surface area contributed by atoms with Gasteiger partial charge < -0.3 is 9.80 Å². The molecule has 0 spiro atoms. The van der Waals surface area contributed by atoms with Crippen molar-refractivity contribution in [3.63, 3.8) is 0 Å². The molecule has 0 aromatic heterocycles. The standard InChI is InChI=1S/C23H24N2O3/c1-24-15-13-22(20(24)27,17-9-5-3-6-10-17)19(26)23(14-16-25(2)21(23)28)18-11-7-4-8-12-18/h3-12H,13-16H2,1-2H3. The number of ketones is 1. The van der Waals surface area contributed by atoms with Gasteiger partial charge in [-0.25, -0.2) is 0 Å². The number of benzene rings is 2. The van der Waals surface area contributed by atoms with Crippen molar-refractivity contribution in [2.45, 2.75) is 23.7 Å². The van der Waals surface area contributed by atoms with Gasteiger partial charge in [-0.05, 0) is 24.0 Å². The van der Waals surface area contributed by atoms with Crippen LogP contribution in [0.3, 0.4) is 0 Å². The zero-order chi connectivity index (χ0) is 19.9. The van der Waals surface area contributed by atoms with Crippen LogP contribution in [-0.4, -0.2) is 54.6 Å². The lowest BCUT2D eigenvalue weighted by Crippen LogP contribution is -2.56. The molecule has 2 saturated heterocycles. The summed E-state index contributed by atoms with van der Waals surface area (Å²) in [6.45, 7) is 0.989. The Morgan fingerprint density at radius 3 is 1.36 bits per heavy atom. The van der Waals surface area contributed by atoms with E-state index in [0.717, 1.165) is 0 Å². The quantitative estimate of drug-likeness (QED) is 0.769. The Hall–Kier alpha value is -2.95. The van der Waals surface area contributed by atoms with Crippen LogP contribution in [0.4, 0.5) is 0 Å². The molecule has 5 nitrogen and oxygen atoms in total. The number of rotatable bonds is 4. The van der Waals surface area contributed by atoms with Gasteiger partial charge >= 0.3 is 0 Å². The lowest BCUT2D eigenvalue weighted by Gasteiger charge is -2.36. The van der Waals surface area contributed by atoms with Gasteiger partial charge in [0.05, 0.1) is 0 Å². The van der Waals surface area contributed by atoms with Crippen LogP contribution in [0, 0.1) is 0 Å². The van der Waals surface area contributed by atoms with Crippen molar-refractivity contribution in [1.29, 1.82) is 0 Å². The number of likely N-dealkylation sites (N-methyl/N-ethyl adjacent to an activating group) is 2. The van der Waals surface area contributed by atoms with E-state index in [1.807, 2.05) is 60.7 Å². The summed E-state index contributed by atoms with van der Waals surface area (Å²) in [5, 5.41) is 0. The molecule has 28 heavy (non-hydrogen) atoms. The van der Waals surface area contributed by atoms with Crippen molar-refractivity contribution in [2.75, 3.05) is 27.2 Å². The highest BCUT2D eigenvalue weighted by atomic mass is 16.2. The highest BCUT2D eigenvalue weighted by Crippen LogP contribution is 2.46. The Kier molecular flexibility index (Phi) is 4.33. The third-order valence-corrected chi connectivity index (χ3v) is 6.38. The zero-order valence-corrected chi connectivity index (χ0v) is 16.2. The van der Waals surface area contributed by atoms with Crippen LogP contribution in [0.25, 0.3) is 0 Å². The van der Waals surface area contributed by atoms with Crippen LogP contribution in [0.5, 0.6) is 0 Å². The minimum Gasteiger partial charge on any atom is -0.345 e. The maximum atomic E-state index is 14.3. The van der Waals surface area contributed by atoms with Crippen LogP contribution in [-0.2, 0) is 25.2 Å². The third kappa shape index (κ3) is 2.35. The molecule has 2 heterocycles. The van der Waals surface area contributed by atoms with Gasteiger partial charge in [0.15, 0.2) is 5.78 Å². The second-order valence-electron chi connectivity index (χ2n) is 7.83. The number of likely N-dealkylation sites (tertiary alicyclic amines) is 2. The number of carbonyl (C=O) groups is 3. The van der Waals surface area contributed by atoms with Gasteiger partial charge in [0.2, 0.25) is 11.8 Å². The summed E-state index contributed by atoms with van der Waals surface area (Å²) in [6, 6.07) is 18.4. The summed E-state index contributed by atoms with van der Waals surface area (Å²) < 4.78 is 0. The smallest absolute Gasteiger partial charge is 0.240 e. The van der Waals surface area contributed by atoms with Crippen LogP contribution in [0.2, 0.25) is 0 Å². The second kappa shape index (κ2) is 6.59. The second-order valence-corrected chi connectivity index (χ2v) is 7.83. The molecular weight excluding hydrogens is 352 g/mol. The molecule has 2 amide bonds. The van der Waals surface area contributed by atoms with E-state index in [1.54, 1.807) is 23.9 Å². The first-order valence-corrected chi connectivity index (χ1v) is 9.61. The number of carbonyl (C=O) groups excluding carboxylic acids is 3. The van der Waals surface area contributed by atoms with Crippen molar-refractivity contribution < 1.29 is 14.4 Å². The highest BCUT2D eigenvalue weighted by Gasteiger charge is 2.63. The highest BCUT2D eigenvalue weighted by molar-refractivity contribution is 6.25. The lowest BCUT2D eigenvalue weighted by atomic mass is 9.62. The third-order valence-electron chi connectivity index (χ3n) is 6.38. The van der Waals surface area contributed by atoms with Crippen LogP contribution in [0.1, 0.15) is 24.0 Å². The van der Waals surface area contributed by atoms with Gasteiger partial charge in [0.25, 0.3) is 0 Å². The Morgan fingerprint density at radius 2 is 1.07 bits per heavy atom. The van der Waals surface area contributed by atoms with Crippen LogP contribution >= 0.6 is 0 Å². The maximum Gasteiger partial charge on any atom is 0.240 e. The number of hydrogen-bond donors (Lipinski definition) is 0. The largest absolute Gasteiger partial charge is 0.345 e. The zero-order valence-electron chi connectivity index (χ0n) is 16.2. The van der Waals surface area contributed by atoms with Crippen molar-refractivity contribution in [3.8, 4) is 0 Å². The van der Waals surface area contributed by atoms with Crippen LogP contribution < -0.4 is 0 Å². The van der Waals surface area contributed by atoms with Crippen molar-refractivity contribution >= 4 is 17.6 Å². The van der Waals surface area contributed by atoms with Crippen LogP contribution in [0.15, 0.2) is 60.7 Å². The Labute approximate surface area is 164 Å².